The number of ether oxygens (including phenoxy) is 2. The van der Waals surface area contributed by atoms with Crippen molar-refractivity contribution in [1.82, 2.24) is 5.32 Å². The normalized spacial score (nSPS) is 16.7. The predicted molar refractivity (Wildman–Crippen MR) is 78.5 cm³/mol. The molecule has 0 aromatic heterocycles. The molecule has 0 fully saturated rings. The molecule has 1 aromatic carbocycles. The number of carbonyl (C=O) groups is 2. The van der Waals surface area contributed by atoms with Crippen LogP contribution >= 0.6 is 0 Å². The summed E-state index contributed by atoms with van der Waals surface area (Å²) in [5, 5.41) is 2.78. The first kappa shape index (κ1) is 15.2. The molecule has 0 spiro atoms. The molecule has 0 aliphatic carbocycles. The summed E-state index contributed by atoms with van der Waals surface area (Å²) in [6, 6.07) is 7.12. The first-order valence-electron chi connectivity index (χ1n) is 7.15. The van der Waals surface area contributed by atoms with E-state index in [0.29, 0.717) is 18.0 Å². The van der Waals surface area contributed by atoms with Gasteiger partial charge in [-0.3, -0.25) is 9.69 Å². The van der Waals surface area contributed by atoms with Crippen molar-refractivity contribution >= 4 is 17.7 Å². The summed E-state index contributed by atoms with van der Waals surface area (Å²) in [6.45, 7) is 4.73. The minimum absolute atomic E-state index is 0.144. The summed E-state index contributed by atoms with van der Waals surface area (Å²) in [6.07, 6.45) is -0.353. The maximum Gasteiger partial charge on any atom is 0.414 e. The lowest BCUT2D eigenvalue weighted by Gasteiger charge is -2.33. The number of nitrogens with one attached hydrogen (secondary N) is 1. The molecule has 2 rings (SSSR count). The van der Waals surface area contributed by atoms with E-state index in [1.807, 2.05) is 13.0 Å². The lowest BCUT2D eigenvalue weighted by atomic mass is 10.2. The van der Waals surface area contributed by atoms with Crippen LogP contribution in [-0.2, 0) is 9.53 Å². The number of rotatable bonds is 4. The molecular formula is C15H20N2O4. The average Bonchev–Trinajstić information content (AvgIpc) is 2.51. The smallest absolute Gasteiger partial charge is 0.414 e. The van der Waals surface area contributed by atoms with Crippen LogP contribution in [0.25, 0.3) is 0 Å². The maximum atomic E-state index is 12.1. The quantitative estimate of drug-likeness (QED) is 0.921. The Morgan fingerprint density at radius 3 is 2.86 bits per heavy atom. The van der Waals surface area contributed by atoms with E-state index in [1.54, 1.807) is 25.1 Å². The van der Waals surface area contributed by atoms with Crippen LogP contribution in [0.5, 0.6) is 5.75 Å². The van der Waals surface area contributed by atoms with Crippen molar-refractivity contribution in [3.63, 3.8) is 0 Å². The molecule has 1 unspecified atom stereocenters. The largest absolute Gasteiger partial charge is 0.477 e. The Bertz CT molecular complexity index is 518. The Hall–Kier alpha value is -2.24. The molecule has 1 aliphatic rings. The molecule has 0 saturated carbocycles. The maximum absolute atomic E-state index is 12.1. The summed E-state index contributed by atoms with van der Waals surface area (Å²) in [4.78, 5) is 25.6. The van der Waals surface area contributed by atoms with Crippen LogP contribution in [0, 0.1) is 0 Å². The second-order valence-corrected chi connectivity index (χ2v) is 4.67. The van der Waals surface area contributed by atoms with Crippen LogP contribution in [0.3, 0.4) is 0 Å². The SMILES string of the molecule is CCCNC(=O)C1CN(C(=O)OCC)c2ccccc2O1. The highest BCUT2D eigenvalue weighted by atomic mass is 16.6. The summed E-state index contributed by atoms with van der Waals surface area (Å²) < 4.78 is 10.7. The molecule has 1 N–H and O–H groups in total. The number of hydrogen-bond donors (Lipinski definition) is 1. The zero-order valence-electron chi connectivity index (χ0n) is 12.3. The highest BCUT2D eigenvalue weighted by molar-refractivity contribution is 5.93. The predicted octanol–water partition coefficient (Wildman–Crippen LogP) is 1.94. The molecule has 1 aromatic rings. The van der Waals surface area contributed by atoms with Crippen molar-refractivity contribution < 1.29 is 19.1 Å². The molecule has 1 aliphatic heterocycles. The van der Waals surface area contributed by atoms with Gasteiger partial charge in [-0.2, -0.15) is 0 Å². The van der Waals surface area contributed by atoms with Gasteiger partial charge in [-0.1, -0.05) is 19.1 Å². The Morgan fingerprint density at radius 2 is 2.14 bits per heavy atom. The van der Waals surface area contributed by atoms with Gasteiger partial charge in [-0.15, -0.1) is 0 Å². The minimum atomic E-state index is -0.726. The third-order valence-electron chi connectivity index (χ3n) is 3.10. The van der Waals surface area contributed by atoms with Crippen LogP contribution in [0.15, 0.2) is 24.3 Å². The number of hydrogen-bond acceptors (Lipinski definition) is 4. The van der Waals surface area contributed by atoms with Crippen molar-refractivity contribution in [3.05, 3.63) is 24.3 Å². The molecule has 2 amide bonds. The highest BCUT2D eigenvalue weighted by Gasteiger charge is 2.34. The summed E-state index contributed by atoms with van der Waals surface area (Å²) in [7, 11) is 0. The molecule has 21 heavy (non-hydrogen) atoms. The molecule has 0 saturated heterocycles. The van der Waals surface area contributed by atoms with Crippen LogP contribution in [0.2, 0.25) is 0 Å². The monoisotopic (exact) mass is 292 g/mol. The van der Waals surface area contributed by atoms with E-state index in [1.165, 1.54) is 4.90 Å². The van der Waals surface area contributed by atoms with Gasteiger partial charge in [0, 0.05) is 6.54 Å². The van der Waals surface area contributed by atoms with E-state index in [4.69, 9.17) is 9.47 Å². The van der Waals surface area contributed by atoms with Crippen molar-refractivity contribution in [3.8, 4) is 5.75 Å². The Balaban J connectivity index is 2.20. The van der Waals surface area contributed by atoms with Gasteiger partial charge in [0.05, 0.1) is 18.8 Å². The first-order chi connectivity index (χ1) is 10.2. The minimum Gasteiger partial charge on any atom is -0.477 e. The van der Waals surface area contributed by atoms with Gasteiger partial charge < -0.3 is 14.8 Å². The van der Waals surface area contributed by atoms with Crippen LogP contribution in [0.4, 0.5) is 10.5 Å². The van der Waals surface area contributed by atoms with E-state index < -0.39 is 12.2 Å². The second-order valence-electron chi connectivity index (χ2n) is 4.67. The Labute approximate surface area is 124 Å². The van der Waals surface area contributed by atoms with Crippen molar-refractivity contribution in [2.45, 2.75) is 26.4 Å². The molecule has 114 valence electrons. The fourth-order valence-electron chi connectivity index (χ4n) is 2.11. The van der Waals surface area contributed by atoms with Gasteiger partial charge in [-0.25, -0.2) is 4.79 Å². The number of carbonyl (C=O) groups excluding carboxylic acids is 2. The van der Waals surface area contributed by atoms with Crippen molar-refractivity contribution in [1.29, 1.82) is 0 Å². The third kappa shape index (κ3) is 3.45. The molecule has 6 heteroatoms. The average molecular weight is 292 g/mol. The van der Waals surface area contributed by atoms with Gasteiger partial charge in [0.25, 0.3) is 5.91 Å². The van der Waals surface area contributed by atoms with Gasteiger partial charge in [0.1, 0.15) is 5.75 Å². The van der Waals surface area contributed by atoms with Gasteiger partial charge in [0.15, 0.2) is 6.10 Å². The summed E-state index contributed by atoms with van der Waals surface area (Å²) in [5.41, 5.74) is 0.621. The third-order valence-corrected chi connectivity index (χ3v) is 3.10. The standard InChI is InChI=1S/C15H20N2O4/c1-3-9-16-14(18)13-10-17(15(19)20-4-2)11-7-5-6-8-12(11)21-13/h5-8,13H,3-4,9-10H2,1-2H3,(H,16,18). The number of anilines is 1. The van der Waals surface area contributed by atoms with Crippen LogP contribution < -0.4 is 15.0 Å². The molecule has 6 nitrogen and oxygen atoms in total. The lowest BCUT2D eigenvalue weighted by Crippen LogP contribution is -2.51. The second kappa shape index (κ2) is 6.97. The number of fused-ring (bicyclic) bond motifs is 1. The zero-order chi connectivity index (χ0) is 15.2. The van der Waals surface area contributed by atoms with E-state index in [-0.39, 0.29) is 19.1 Å². The Kier molecular flexibility index (Phi) is 5.03. The fourth-order valence-corrected chi connectivity index (χ4v) is 2.11. The molecule has 1 heterocycles. The zero-order valence-corrected chi connectivity index (χ0v) is 12.3. The molecule has 0 radical (unpaired) electrons. The van der Waals surface area contributed by atoms with E-state index in [2.05, 4.69) is 5.32 Å². The van der Waals surface area contributed by atoms with Gasteiger partial charge in [0.2, 0.25) is 0 Å². The number of benzene rings is 1. The first-order valence-corrected chi connectivity index (χ1v) is 7.15. The van der Waals surface area contributed by atoms with E-state index in [0.717, 1.165) is 6.42 Å². The molecule has 0 bridgehead atoms. The van der Waals surface area contributed by atoms with Crippen molar-refractivity contribution in [2.24, 2.45) is 0 Å². The molecular weight excluding hydrogens is 272 g/mol. The lowest BCUT2D eigenvalue weighted by molar-refractivity contribution is -0.127. The summed E-state index contributed by atoms with van der Waals surface area (Å²) >= 11 is 0. The van der Waals surface area contributed by atoms with Crippen molar-refractivity contribution in [2.75, 3.05) is 24.6 Å². The Morgan fingerprint density at radius 1 is 1.38 bits per heavy atom. The van der Waals surface area contributed by atoms with Crippen LogP contribution in [-0.4, -0.2) is 37.8 Å². The number of para-hydroxylation sites is 2. The van der Waals surface area contributed by atoms with Crippen LogP contribution in [0.1, 0.15) is 20.3 Å². The topological polar surface area (TPSA) is 67.9 Å². The number of amides is 2. The summed E-state index contributed by atoms with van der Waals surface area (Å²) in [5.74, 6) is 0.286. The van der Waals surface area contributed by atoms with Gasteiger partial charge >= 0.3 is 6.09 Å². The van der Waals surface area contributed by atoms with Gasteiger partial charge in [-0.05, 0) is 25.5 Å². The molecule has 1 atom stereocenters. The number of nitrogens with zero attached hydrogens (tertiary/aromatic N) is 1. The van der Waals surface area contributed by atoms with E-state index >= 15 is 0 Å². The highest BCUT2D eigenvalue weighted by Crippen LogP contribution is 2.33. The van der Waals surface area contributed by atoms with E-state index in [9.17, 15) is 9.59 Å². The fraction of sp³-hybridized carbons (Fsp3) is 0.467.